The van der Waals surface area contributed by atoms with Gasteiger partial charge >= 0.3 is 5.97 Å². The molecule has 0 amide bonds. The summed E-state index contributed by atoms with van der Waals surface area (Å²) in [4.78, 5) is 19.3. The van der Waals surface area contributed by atoms with Crippen molar-refractivity contribution >= 4 is 17.5 Å². The van der Waals surface area contributed by atoms with Crippen LogP contribution >= 0.6 is 0 Å². The molecule has 2 aromatic rings. The number of aromatic carboxylic acids is 1. The molecule has 0 saturated heterocycles. The molecule has 0 radical (unpaired) electrons. The maximum atomic E-state index is 11.1. The maximum absolute atomic E-state index is 11.1. The van der Waals surface area contributed by atoms with Crippen LogP contribution in [-0.4, -0.2) is 21.0 Å². The van der Waals surface area contributed by atoms with Crippen LogP contribution in [0.4, 0.5) is 11.5 Å². The van der Waals surface area contributed by atoms with Crippen molar-refractivity contribution in [2.45, 2.75) is 13.5 Å². The van der Waals surface area contributed by atoms with E-state index in [1.54, 1.807) is 6.20 Å². The van der Waals surface area contributed by atoms with E-state index in [0.29, 0.717) is 12.2 Å². The quantitative estimate of drug-likeness (QED) is 0.771. The Morgan fingerprint density at radius 3 is 2.95 bits per heavy atom. The van der Waals surface area contributed by atoms with E-state index in [-0.39, 0.29) is 11.4 Å². The molecule has 4 N–H and O–H groups in total. The van der Waals surface area contributed by atoms with Crippen molar-refractivity contribution in [3.05, 3.63) is 47.4 Å². The molecular formula is C13H14N4O2. The average molecular weight is 258 g/mol. The van der Waals surface area contributed by atoms with E-state index in [4.69, 9.17) is 10.8 Å². The molecule has 0 aliphatic rings. The monoisotopic (exact) mass is 258 g/mol. The van der Waals surface area contributed by atoms with Crippen LogP contribution in [-0.2, 0) is 6.54 Å². The van der Waals surface area contributed by atoms with Crippen LogP contribution in [0.15, 0.2) is 30.6 Å². The fourth-order valence-corrected chi connectivity index (χ4v) is 1.66. The first-order valence-corrected chi connectivity index (χ1v) is 5.71. The average Bonchev–Trinajstić information content (AvgIpc) is 2.38. The number of carboxylic acids is 1. The molecule has 2 rings (SSSR count). The molecule has 0 bridgehead atoms. The number of hydrogen-bond donors (Lipinski definition) is 3. The summed E-state index contributed by atoms with van der Waals surface area (Å²) >= 11 is 0. The van der Waals surface area contributed by atoms with Gasteiger partial charge < -0.3 is 16.2 Å². The predicted molar refractivity (Wildman–Crippen MR) is 71.9 cm³/mol. The Kier molecular flexibility index (Phi) is 3.61. The standard InChI is InChI=1S/C13H14N4O2/c1-8-3-2-4-15-11(8)7-17-12-10(13(18)19)5-9(14)6-16-12/h2-6H,7,14H2,1H3,(H,16,17)(H,18,19). The summed E-state index contributed by atoms with van der Waals surface area (Å²) in [6.07, 6.45) is 3.11. The van der Waals surface area contributed by atoms with E-state index < -0.39 is 5.97 Å². The van der Waals surface area contributed by atoms with Crippen LogP contribution in [0, 0.1) is 6.92 Å². The summed E-state index contributed by atoms with van der Waals surface area (Å²) in [7, 11) is 0. The minimum absolute atomic E-state index is 0.0496. The van der Waals surface area contributed by atoms with E-state index in [1.165, 1.54) is 12.3 Å². The molecule has 2 aromatic heterocycles. The molecular weight excluding hydrogens is 244 g/mol. The maximum Gasteiger partial charge on any atom is 0.339 e. The molecule has 0 atom stereocenters. The number of hydrogen-bond acceptors (Lipinski definition) is 5. The van der Waals surface area contributed by atoms with E-state index in [0.717, 1.165) is 11.3 Å². The SMILES string of the molecule is Cc1cccnc1CNc1ncc(N)cc1C(=O)O. The van der Waals surface area contributed by atoms with Crippen molar-refractivity contribution in [1.82, 2.24) is 9.97 Å². The molecule has 0 fully saturated rings. The number of pyridine rings is 2. The molecule has 0 unspecified atom stereocenters. The van der Waals surface area contributed by atoms with Gasteiger partial charge in [0.1, 0.15) is 11.4 Å². The lowest BCUT2D eigenvalue weighted by atomic mass is 10.2. The van der Waals surface area contributed by atoms with Gasteiger partial charge in [-0.2, -0.15) is 0 Å². The van der Waals surface area contributed by atoms with Gasteiger partial charge in [-0.25, -0.2) is 9.78 Å². The highest BCUT2D eigenvalue weighted by atomic mass is 16.4. The summed E-state index contributed by atoms with van der Waals surface area (Å²) in [5.41, 5.74) is 7.77. The molecule has 2 heterocycles. The Hall–Kier alpha value is -2.63. The fourth-order valence-electron chi connectivity index (χ4n) is 1.66. The summed E-state index contributed by atoms with van der Waals surface area (Å²) in [5, 5.41) is 12.1. The second-order valence-electron chi connectivity index (χ2n) is 4.09. The fraction of sp³-hybridized carbons (Fsp3) is 0.154. The highest BCUT2D eigenvalue weighted by Crippen LogP contribution is 2.16. The number of rotatable bonds is 4. The Morgan fingerprint density at radius 1 is 1.47 bits per heavy atom. The van der Waals surface area contributed by atoms with E-state index in [2.05, 4.69) is 15.3 Å². The number of aryl methyl sites for hydroxylation is 1. The van der Waals surface area contributed by atoms with Crippen LogP contribution in [0.25, 0.3) is 0 Å². The predicted octanol–water partition coefficient (Wildman–Crippen LogP) is 1.68. The second kappa shape index (κ2) is 5.34. The van der Waals surface area contributed by atoms with Crippen molar-refractivity contribution in [2.75, 3.05) is 11.1 Å². The number of anilines is 2. The molecule has 98 valence electrons. The van der Waals surface area contributed by atoms with Gasteiger partial charge in [0.15, 0.2) is 0 Å². The first kappa shape index (κ1) is 12.8. The molecule has 6 nitrogen and oxygen atoms in total. The van der Waals surface area contributed by atoms with Gasteiger partial charge in [-0.15, -0.1) is 0 Å². The van der Waals surface area contributed by atoms with Gasteiger partial charge in [-0.1, -0.05) is 6.07 Å². The first-order valence-electron chi connectivity index (χ1n) is 5.71. The van der Waals surface area contributed by atoms with E-state index >= 15 is 0 Å². The van der Waals surface area contributed by atoms with Gasteiger partial charge in [0.2, 0.25) is 0 Å². The topological polar surface area (TPSA) is 101 Å². The third-order valence-electron chi connectivity index (χ3n) is 2.68. The molecule has 0 aromatic carbocycles. The lowest BCUT2D eigenvalue weighted by Crippen LogP contribution is -2.10. The highest BCUT2D eigenvalue weighted by molar-refractivity contribution is 5.94. The smallest absolute Gasteiger partial charge is 0.339 e. The highest BCUT2D eigenvalue weighted by Gasteiger charge is 2.12. The van der Waals surface area contributed by atoms with Crippen molar-refractivity contribution in [3.8, 4) is 0 Å². The number of carboxylic acid groups (broad SMARTS) is 1. The van der Waals surface area contributed by atoms with E-state index in [1.807, 2.05) is 19.1 Å². The van der Waals surface area contributed by atoms with Crippen LogP contribution in [0.1, 0.15) is 21.6 Å². The lowest BCUT2D eigenvalue weighted by Gasteiger charge is -2.10. The van der Waals surface area contributed by atoms with Crippen LogP contribution in [0.5, 0.6) is 0 Å². The molecule has 0 aliphatic carbocycles. The third kappa shape index (κ3) is 2.98. The van der Waals surface area contributed by atoms with Crippen molar-refractivity contribution < 1.29 is 9.90 Å². The van der Waals surface area contributed by atoms with Crippen molar-refractivity contribution in [1.29, 1.82) is 0 Å². The van der Waals surface area contributed by atoms with Crippen molar-refractivity contribution in [3.63, 3.8) is 0 Å². The number of nitrogen functional groups attached to an aromatic ring is 1. The summed E-state index contributed by atoms with van der Waals surface area (Å²) in [6, 6.07) is 5.17. The van der Waals surface area contributed by atoms with Gasteiger partial charge in [0.25, 0.3) is 0 Å². The summed E-state index contributed by atoms with van der Waals surface area (Å²) in [5.74, 6) is -0.785. The normalized spacial score (nSPS) is 10.2. The van der Waals surface area contributed by atoms with Crippen LogP contribution in [0.3, 0.4) is 0 Å². The van der Waals surface area contributed by atoms with Crippen LogP contribution in [0.2, 0.25) is 0 Å². The van der Waals surface area contributed by atoms with E-state index in [9.17, 15) is 4.79 Å². The second-order valence-corrected chi connectivity index (χ2v) is 4.09. The third-order valence-corrected chi connectivity index (χ3v) is 2.68. The number of aromatic nitrogens is 2. The molecule has 0 spiro atoms. The Balaban J connectivity index is 2.20. The van der Waals surface area contributed by atoms with Crippen molar-refractivity contribution in [2.24, 2.45) is 0 Å². The number of nitrogens with one attached hydrogen (secondary N) is 1. The minimum atomic E-state index is -1.07. The lowest BCUT2D eigenvalue weighted by molar-refractivity contribution is 0.0697. The van der Waals surface area contributed by atoms with Gasteiger partial charge in [-0.05, 0) is 24.6 Å². The Morgan fingerprint density at radius 2 is 2.26 bits per heavy atom. The Labute approximate surface area is 110 Å². The number of carbonyl (C=O) groups is 1. The Bertz CT molecular complexity index is 613. The number of nitrogens with zero attached hydrogens (tertiary/aromatic N) is 2. The minimum Gasteiger partial charge on any atom is -0.478 e. The summed E-state index contributed by atoms with van der Waals surface area (Å²) < 4.78 is 0. The van der Waals surface area contributed by atoms with Crippen LogP contribution < -0.4 is 11.1 Å². The summed E-state index contributed by atoms with van der Waals surface area (Å²) in [6.45, 7) is 2.35. The molecule has 6 heteroatoms. The van der Waals surface area contributed by atoms with Gasteiger partial charge in [0, 0.05) is 6.20 Å². The van der Waals surface area contributed by atoms with Gasteiger partial charge in [0.05, 0.1) is 24.1 Å². The zero-order valence-electron chi connectivity index (χ0n) is 10.4. The largest absolute Gasteiger partial charge is 0.478 e. The number of nitrogens with two attached hydrogens (primary N) is 1. The molecule has 0 aliphatic heterocycles. The zero-order valence-corrected chi connectivity index (χ0v) is 10.4. The molecule has 0 saturated carbocycles. The molecule has 19 heavy (non-hydrogen) atoms. The van der Waals surface area contributed by atoms with Gasteiger partial charge in [-0.3, -0.25) is 4.98 Å². The first-order chi connectivity index (χ1) is 9.08. The zero-order chi connectivity index (χ0) is 13.8.